The number of aryl methyl sites for hydroxylation is 1. The molecule has 0 unspecified atom stereocenters. The number of halogens is 1. The number of carbonyl (C=O) groups is 1. The predicted molar refractivity (Wildman–Crippen MR) is 95.2 cm³/mol. The second kappa shape index (κ2) is 8.42. The molecule has 1 heterocycles. The van der Waals surface area contributed by atoms with Gasteiger partial charge in [0.25, 0.3) is 0 Å². The van der Waals surface area contributed by atoms with Gasteiger partial charge in [0.2, 0.25) is 10.0 Å². The van der Waals surface area contributed by atoms with Gasteiger partial charge >= 0.3 is 5.97 Å². The monoisotopic (exact) mass is 382 g/mol. The van der Waals surface area contributed by atoms with Crippen molar-refractivity contribution in [2.45, 2.75) is 17.7 Å². The van der Waals surface area contributed by atoms with E-state index in [1.807, 2.05) is 12.1 Å². The molecule has 2 aromatic rings. The maximum absolute atomic E-state index is 12.2. The zero-order valence-electron chi connectivity index (χ0n) is 14.0. The molecule has 0 N–H and O–H groups in total. The van der Waals surface area contributed by atoms with E-state index in [2.05, 4.69) is 4.98 Å². The lowest BCUT2D eigenvalue weighted by molar-refractivity contribution is 0.0500. The van der Waals surface area contributed by atoms with Crippen molar-refractivity contribution in [3.05, 3.63) is 58.9 Å². The van der Waals surface area contributed by atoms with Crippen LogP contribution in [0.2, 0.25) is 5.02 Å². The Labute approximate surface area is 152 Å². The summed E-state index contributed by atoms with van der Waals surface area (Å²) in [5.74, 6) is -0.646. The minimum Gasteiger partial charge on any atom is -0.462 e. The standard InChI is InChI=1S/C17H19ClN2O4S/c1-20(2)25(22,23)14-7-8-16(18)15(11-14)17(21)24-10-4-6-13-5-3-9-19-12-13/h3,5,7-9,11-12H,4,6,10H2,1-2H3. The third-order valence-corrected chi connectivity index (χ3v) is 5.64. The second-order valence-electron chi connectivity index (χ2n) is 5.53. The van der Waals surface area contributed by atoms with E-state index in [0.29, 0.717) is 6.42 Å². The average Bonchev–Trinajstić information content (AvgIpc) is 2.59. The third kappa shape index (κ3) is 5.01. The Morgan fingerprint density at radius 3 is 2.68 bits per heavy atom. The van der Waals surface area contributed by atoms with Crippen molar-refractivity contribution in [3.8, 4) is 0 Å². The quantitative estimate of drug-likeness (QED) is 0.543. The van der Waals surface area contributed by atoms with Gasteiger partial charge in [-0.2, -0.15) is 0 Å². The summed E-state index contributed by atoms with van der Waals surface area (Å²) < 4.78 is 30.6. The molecule has 1 aromatic heterocycles. The highest BCUT2D eigenvalue weighted by molar-refractivity contribution is 7.89. The van der Waals surface area contributed by atoms with Crippen LogP contribution in [0.15, 0.2) is 47.6 Å². The fraction of sp³-hybridized carbons (Fsp3) is 0.294. The van der Waals surface area contributed by atoms with E-state index in [-0.39, 0.29) is 22.1 Å². The van der Waals surface area contributed by atoms with E-state index in [0.717, 1.165) is 16.3 Å². The summed E-state index contributed by atoms with van der Waals surface area (Å²) in [5, 5.41) is 0.148. The first kappa shape index (κ1) is 19.4. The number of hydrogen-bond donors (Lipinski definition) is 0. The van der Waals surface area contributed by atoms with Gasteiger partial charge in [-0.15, -0.1) is 0 Å². The maximum Gasteiger partial charge on any atom is 0.339 e. The summed E-state index contributed by atoms with van der Waals surface area (Å²) in [7, 11) is -0.817. The number of esters is 1. The summed E-state index contributed by atoms with van der Waals surface area (Å²) in [5.41, 5.74) is 1.08. The zero-order valence-corrected chi connectivity index (χ0v) is 15.5. The lowest BCUT2D eigenvalue weighted by atomic mass is 10.2. The van der Waals surface area contributed by atoms with Crippen molar-refractivity contribution in [2.24, 2.45) is 0 Å². The predicted octanol–water partition coefficient (Wildman–Crippen LogP) is 2.77. The highest BCUT2D eigenvalue weighted by Crippen LogP contribution is 2.23. The molecule has 0 saturated carbocycles. The van der Waals surface area contributed by atoms with Crippen molar-refractivity contribution in [3.63, 3.8) is 0 Å². The molecule has 1 aromatic carbocycles. The van der Waals surface area contributed by atoms with Crippen LogP contribution in [-0.4, -0.2) is 44.4 Å². The number of pyridine rings is 1. The number of carbonyl (C=O) groups excluding carboxylic acids is 1. The summed E-state index contributed by atoms with van der Waals surface area (Å²) in [6, 6.07) is 7.77. The number of ether oxygens (including phenoxy) is 1. The van der Waals surface area contributed by atoms with Crippen LogP contribution in [0.1, 0.15) is 22.3 Å². The van der Waals surface area contributed by atoms with Crippen LogP contribution in [-0.2, 0) is 21.2 Å². The van der Waals surface area contributed by atoms with E-state index < -0.39 is 16.0 Å². The summed E-state index contributed by atoms with van der Waals surface area (Å²) in [6.07, 6.45) is 4.81. The van der Waals surface area contributed by atoms with Crippen molar-refractivity contribution in [2.75, 3.05) is 20.7 Å². The average molecular weight is 383 g/mol. The SMILES string of the molecule is CN(C)S(=O)(=O)c1ccc(Cl)c(C(=O)OCCCc2cccnc2)c1. The largest absolute Gasteiger partial charge is 0.462 e. The van der Waals surface area contributed by atoms with Gasteiger partial charge in [-0.3, -0.25) is 4.98 Å². The molecule has 25 heavy (non-hydrogen) atoms. The summed E-state index contributed by atoms with van der Waals surface area (Å²) >= 11 is 6.01. The molecular formula is C17H19ClN2O4S. The first-order valence-electron chi connectivity index (χ1n) is 7.60. The molecule has 0 bridgehead atoms. The number of nitrogens with zero attached hydrogens (tertiary/aromatic N) is 2. The smallest absolute Gasteiger partial charge is 0.339 e. The number of rotatable bonds is 7. The Balaban J connectivity index is 2.01. The topological polar surface area (TPSA) is 76.6 Å². The lowest BCUT2D eigenvalue weighted by Crippen LogP contribution is -2.22. The van der Waals surface area contributed by atoms with Crippen LogP contribution in [0.5, 0.6) is 0 Å². The molecule has 0 atom stereocenters. The molecule has 0 aliphatic rings. The first-order chi connectivity index (χ1) is 11.8. The fourth-order valence-corrected chi connectivity index (χ4v) is 3.22. The van der Waals surface area contributed by atoms with E-state index in [1.165, 1.54) is 32.3 Å². The van der Waals surface area contributed by atoms with Crippen LogP contribution in [0.25, 0.3) is 0 Å². The highest BCUT2D eigenvalue weighted by atomic mass is 35.5. The number of hydrogen-bond acceptors (Lipinski definition) is 5. The van der Waals surface area contributed by atoms with Gasteiger partial charge in [-0.25, -0.2) is 17.5 Å². The van der Waals surface area contributed by atoms with Crippen molar-refractivity contribution in [1.82, 2.24) is 9.29 Å². The van der Waals surface area contributed by atoms with Crippen LogP contribution in [0.4, 0.5) is 0 Å². The second-order valence-corrected chi connectivity index (χ2v) is 8.09. The Kier molecular flexibility index (Phi) is 6.52. The molecule has 0 saturated heterocycles. The first-order valence-corrected chi connectivity index (χ1v) is 9.42. The minimum absolute atomic E-state index is 0.00999. The van der Waals surface area contributed by atoms with Gasteiger partial charge < -0.3 is 4.74 Å². The Morgan fingerprint density at radius 1 is 1.28 bits per heavy atom. The summed E-state index contributed by atoms with van der Waals surface area (Å²) in [6.45, 7) is 0.203. The van der Waals surface area contributed by atoms with Crippen LogP contribution < -0.4 is 0 Å². The van der Waals surface area contributed by atoms with Gasteiger partial charge in [0.05, 0.1) is 22.1 Å². The molecule has 0 radical (unpaired) electrons. The van der Waals surface area contributed by atoms with Gasteiger partial charge in [0.1, 0.15) is 0 Å². The fourth-order valence-electron chi connectivity index (χ4n) is 2.10. The molecule has 0 spiro atoms. The Morgan fingerprint density at radius 2 is 2.04 bits per heavy atom. The molecule has 2 rings (SSSR count). The maximum atomic E-state index is 12.2. The number of sulfonamides is 1. The molecule has 0 aliphatic carbocycles. The molecule has 6 nitrogen and oxygen atoms in total. The number of benzene rings is 1. The lowest BCUT2D eigenvalue weighted by Gasteiger charge is -2.13. The zero-order chi connectivity index (χ0) is 18.4. The van der Waals surface area contributed by atoms with Crippen molar-refractivity contribution in [1.29, 1.82) is 0 Å². The molecule has 0 aliphatic heterocycles. The van der Waals surface area contributed by atoms with Crippen LogP contribution >= 0.6 is 11.6 Å². The van der Waals surface area contributed by atoms with Crippen molar-refractivity contribution < 1.29 is 17.9 Å². The van der Waals surface area contributed by atoms with Gasteiger partial charge in [-0.05, 0) is 42.7 Å². The van der Waals surface area contributed by atoms with Gasteiger partial charge in [-0.1, -0.05) is 17.7 Å². The molecule has 0 fully saturated rings. The van der Waals surface area contributed by atoms with E-state index in [9.17, 15) is 13.2 Å². The van der Waals surface area contributed by atoms with E-state index in [4.69, 9.17) is 16.3 Å². The molecule has 134 valence electrons. The highest BCUT2D eigenvalue weighted by Gasteiger charge is 2.21. The number of aromatic nitrogens is 1. The van der Waals surface area contributed by atoms with Crippen molar-refractivity contribution >= 4 is 27.6 Å². The molecule has 0 amide bonds. The molecular weight excluding hydrogens is 364 g/mol. The third-order valence-electron chi connectivity index (χ3n) is 3.50. The normalized spacial score (nSPS) is 11.5. The van der Waals surface area contributed by atoms with Gasteiger partial charge in [0, 0.05) is 26.5 Å². The summed E-state index contributed by atoms with van der Waals surface area (Å²) in [4.78, 5) is 16.2. The van der Waals surface area contributed by atoms with Gasteiger partial charge in [0.15, 0.2) is 0 Å². The van der Waals surface area contributed by atoms with Crippen LogP contribution in [0, 0.1) is 0 Å². The van der Waals surface area contributed by atoms with Crippen LogP contribution in [0.3, 0.4) is 0 Å². The Bertz CT molecular complexity index is 839. The van der Waals surface area contributed by atoms with E-state index >= 15 is 0 Å². The molecule has 8 heteroatoms. The minimum atomic E-state index is -3.65. The Hall–Kier alpha value is -1.96. The van der Waals surface area contributed by atoms with E-state index in [1.54, 1.807) is 12.4 Å².